The zero-order valence-electron chi connectivity index (χ0n) is 9.68. The topological polar surface area (TPSA) is 51.2 Å². The number of aryl methyl sites for hydroxylation is 1. The number of carbonyl (C=O) groups excluding carboxylic acids is 1. The van der Waals surface area contributed by atoms with Crippen molar-refractivity contribution in [2.75, 3.05) is 5.32 Å². The van der Waals surface area contributed by atoms with Gasteiger partial charge in [-0.3, -0.25) is 4.79 Å². The number of nitrogens with zero attached hydrogens (tertiary/aromatic N) is 1. The number of aromatic nitrogens is 1. The molecule has 1 aliphatic heterocycles. The number of nitrogens with one attached hydrogen (secondary N) is 1. The minimum absolute atomic E-state index is 0.0690. The third-order valence-corrected chi connectivity index (χ3v) is 3.58. The zero-order chi connectivity index (χ0) is 12.4. The lowest BCUT2D eigenvalue weighted by molar-refractivity contribution is -0.116. The fraction of sp³-hybridized carbons (Fsp3) is 0.231. The first-order chi connectivity index (χ1) is 8.81. The second kappa shape index (κ2) is 4.78. The summed E-state index contributed by atoms with van der Waals surface area (Å²) in [5.41, 5.74) is 2.03. The summed E-state index contributed by atoms with van der Waals surface area (Å²) in [5, 5.41) is 5.73. The highest BCUT2D eigenvalue weighted by atomic mass is 32.1. The lowest BCUT2D eigenvalue weighted by atomic mass is 10.0. The van der Waals surface area contributed by atoms with Gasteiger partial charge in [-0.1, -0.05) is 6.07 Å². The quantitative estimate of drug-likeness (QED) is 0.923. The van der Waals surface area contributed by atoms with E-state index in [2.05, 4.69) is 10.3 Å². The van der Waals surface area contributed by atoms with Gasteiger partial charge in [0.15, 0.2) is 0 Å². The molecule has 1 N–H and O–H groups in total. The van der Waals surface area contributed by atoms with E-state index >= 15 is 0 Å². The number of hydrogen-bond donors (Lipinski definition) is 1. The molecule has 0 fully saturated rings. The van der Waals surface area contributed by atoms with Crippen molar-refractivity contribution in [3.8, 4) is 5.75 Å². The third-order valence-electron chi connectivity index (χ3n) is 2.82. The van der Waals surface area contributed by atoms with Crippen molar-refractivity contribution >= 4 is 22.9 Å². The molecule has 3 rings (SSSR count). The van der Waals surface area contributed by atoms with Gasteiger partial charge in [-0.25, -0.2) is 4.98 Å². The Labute approximate surface area is 109 Å². The number of anilines is 1. The number of thiazole rings is 1. The molecular formula is C13H12N2O2S. The molecule has 1 aromatic heterocycles. The van der Waals surface area contributed by atoms with Crippen LogP contribution < -0.4 is 10.1 Å². The van der Waals surface area contributed by atoms with Crippen molar-refractivity contribution in [3.63, 3.8) is 0 Å². The Morgan fingerprint density at radius 1 is 1.39 bits per heavy atom. The first-order valence-electron chi connectivity index (χ1n) is 5.75. The Morgan fingerprint density at radius 3 is 3.17 bits per heavy atom. The standard InChI is InChI=1S/C13H12N2O2S/c16-12-4-2-9-1-3-10(7-11(9)15-12)17-8-13-14-5-6-18-13/h1,3,5-7H,2,4,8H2,(H,15,16). The van der Waals surface area contributed by atoms with E-state index < -0.39 is 0 Å². The molecule has 1 amide bonds. The van der Waals surface area contributed by atoms with E-state index in [1.165, 1.54) is 0 Å². The van der Waals surface area contributed by atoms with E-state index in [-0.39, 0.29) is 5.91 Å². The molecule has 92 valence electrons. The predicted molar refractivity (Wildman–Crippen MR) is 69.8 cm³/mol. The number of ether oxygens (including phenoxy) is 1. The summed E-state index contributed by atoms with van der Waals surface area (Å²) in [4.78, 5) is 15.5. The smallest absolute Gasteiger partial charge is 0.224 e. The molecule has 0 bridgehead atoms. The lowest BCUT2D eigenvalue weighted by Crippen LogP contribution is -2.18. The minimum Gasteiger partial charge on any atom is -0.486 e. The van der Waals surface area contributed by atoms with Gasteiger partial charge < -0.3 is 10.1 Å². The third kappa shape index (κ3) is 2.36. The maximum atomic E-state index is 11.3. The molecule has 5 heteroatoms. The van der Waals surface area contributed by atoms with E-state index in [0.29, 0.717) is 13.0 Å². The van der Waals surface area contributed by atoms with Crippen LogP contribution in [0.4, 0.5) is 5.69 Å². The fourth-order valence-electron chi connectivity index (χ4n) is 1.91. The summed E-state index contributed by atoms with van der Waals surface area (Å²) in [5.74, 6) is 0.825. The first-order valence-corrected chi connectivity index (χ1v) is 6.63. The van der Waals surface area contributed by atoms with Gasteiger partial charge in [0.25, 0.3) is 0 Å². The van der Waals surface area contributed by atoms with Crippen LogP contribution in [0.5, 0.6) is 5.75 Å². The highest BCUT2D eigenvalue weighted by molar-refractivity contribution is 7.09. The van der Waals surface area contributed by atoms with Gasteiger partial charge in [0.1, 0.15) is 17.4 Å². The van der Waals surface area contributed by atoms with E-state index in [4.69, 9.17) is 4.74 Å². The molecule has 18 heavy (non-hydrogen) atoms. The molecule has 0 aliphatic carbocycles. The van der Waals surface area contributed by atoms with Crippen LogP contribution in [0.3, 0.4) is 0 Å². The summed E-state index contributed by atoms with van der Waals surface area (Å²) >= 11 is 1.57. The van der Waals surface area contributed by atoms with Gasteiger partial charge in [-0.05, 0) is 18.1 Å². The van der Waals surface area contributed by atoms with E-state index in [9.17, 15) is 4.79 Å². The molecule has 0 radical (unpaired) electrons. The van der Waals surface area contributed by atoms with Gasteiger partial charge in [0.2, 0.25) is 5.91 Å². The molecule has 0 saturated carbocycles. The molecule has 0 saturated heterocycles. The summed E-state index contributed by atoms with van der Waals surface area (Å²) in [7, 11) is 0. The van der Waals surface area contributed by atoms with E-state index in [0.717, 1.165) is 28.4 Å². The number of amides is 1. The van der Waals surface area contributed by atoms with Crippen molar-refractivity contribution in [1.29, 1.82) is 0 Å². The SMILES string of the molecule is O=C1CCc2ccc(OCc3nccs3)cc2N1. The lowest BCUT2D eigenvalue weighted by Gasteiger charge is -2.17. The Balaban J connectivity index is 1.73. The monoisotopic (exact) mass is 260 g/mol. The average molecular weight is 260 g/mol. The maximum absolute atomic E-state index is 11.3. The summed E-state index contributed by atoms with van der Waals surface area (Å²) in [6, 6.07) is 5.82. The maximum Gasteiger partial charge on any atom is 0.224 e. The van der Waals surface area contributed by atoms with Crippen molar-refractivity contribution in [3.05, 3.63) is 40.3 Å². The average Bonchev–Trinajstić information content (AvgIpc) is 2.89. The van der Waals surface area contributed by atoms with Crippen molar-refractivity contribution in [1.82, 2.24) is 4.98 Å². The molecular weight excluding hydrogens is 248 g/mol. The molecule has 0 spiro atoms. The number of carbonyl (C=O) groups is 1. The second-order valence-corrected chi connectivity index (χ2v) is 5.06. The zero-order valence-corrected chi connectivity index (χ0v) is 10.5. The van der Waals surface area contributed by atoms with Gasteiger partial charge in [0, 0.05) is 29.8 Å². The molecule has 1 aliphatic rings. The van der Waals surface area contributed by atoms with Gasteiger partial charge in [-0.2, -0.15) is 0 Å². The van der Waals surface area contributed by atoms with Crippen LogP contribution in [0, 0.1) is 0 Å². The highest BCUT2D eigenvalue weighted by Crippen LogP contribution is 2.27. The van der Waals surface area contributed by atoms with E-state index in [1.807, 2.05) is 23.6 Å². The fourth-order valence-corrected chi connectivity index (χ4v) is 2.44. The van der Waals surface area contributed by atoms with Crippen LogP contribution >= 0.6 is 11.3 Å². The summed E-state index contributed by atoms with van der Waals surface area (Å²) in [6.07, 6.45) is 3.12. The second-order valence-electron chi connectivity index (χ2n) is 4.08. The molecule has 4 nitrogen and oxygen atoms in total. The number of hydrogen-bond acceptors (Lipinski definition) is 4. The van der Waals surface area contributed by atoms with Crippen molar-refractivity contribution < 1.29 is 9.53 Å². The van der Waals surface area contributed by atoms with Gasteiger partial charge in [0.05, 0.1) is 0 Å². The van der Waals surface area contributed by atoms with Crippen LogP contribution in [-0.4, -0.2) is 10.9 Å². The van der Waals surface area contributed by atoms with E-state index in [1.54, 1.807) is 17.5 Å². The first kappa shape index (κ1) is 11.2. The highest BCUT2D eigenvalue weighted by Gasteiger charge is 2.15. The number of fused-ring (bicyclic) bond motifs is 1. The predicted octanol–water partition coefficient (Wildman–Crippen LogP) is 2.61. The summed E-state index contributed by atoms with van der Waals surface area (Å²) in [6.45, 7) is 0.463. The van der Waals surface area contributed by atoms with Crippen LogP contribution in [0.1, 0.15) is 17.0 Å². The number of rotatable bonds is 3. The Bertz CT molecular complexity index is 566. The Morgan fingerprint density at radius 2 is 2.33 bits per heavy atom. The van der Waals surface area contributed by atoms with Crippen LogP contribution in [0.25, 0.3) is 0 Å². The Hall–Kier alpha value is -1.88. The molecule has 0 unspecified atom stereocenters. The molecule has 0 atom stereocenters. The van der Waals surface area contributed by atoms with Crippen LogP contribution in [0.2, 0.25) is 0 Å². The van der Waals surface area contributed by atoms with Gasteiger partial charge in [-0.15, -0.1) is 11.3 Å². The van der Waals surface area contributed by atoms with Crippen LogP contribution in [-0.2, 0) is 17.8 Å². The van der Waals surface area contributed by atoms with Crippen LogP contribution in [0.15, 0.2) is 29.8 Å². The number of benzene rings is 1. The van der Waals surface area contributed by atoms with Crippen molar-refractivity contribution in [2.24, 2.45) is 0 Å². The normalized spacial score (nSPS) is 13.9. The molecule has 2 aromatic rings. The largest absolute Gasteiger partial charge is 0.486 e. The molecule has 2 heterocycles. The summed E-state index contributed by atoms with van der Waals surface area (Å²) < 4.78 is 5.65. The molecule has 1 aromatic carbocycles. The minimum atomic E-state index is 0.0690. The van der Waals surface area contributed by atoms with Gasteiger partial charge >= 0.3 is 0 Å². The Kier molecular flexibility index (Phi) is 2.98. The van der Waals surface area contributed by atoms with Crippen molar-refractivity contribution in [2.45, 2.75) is 19.4 Å².